The highest BCUT2D eigenvalue weighted by molar-refractivity contribution is 7.01. The van der Waals surface area contributed by atoms with Crippen molar-refractivity contribution < 1.29 is 0 Å². The first-order valence-electron chi connectivity index (χ1n) is 24.3. The van der Waals surface area contributed by atoms with E-state index in [9.17, 15) is 0 Å². The number of hydrogen-bond acceptors (Lipinski definition) is 2. The number of hydrogen-bond donors (Lipinski definition) is 0. The van der Waals surface area contributed by atoms with Crippen molar-refractivity contribution in [3.05, 3.63) is 138 Å². The van der Waals surface area contributed by atoms with Crippen LogP contribution < -0.4 is 31.4 Å². The van der Waals surface area contributed by atoms with E-state index in [-0.39, 0.29) is 34.0 Å². The summed E-state index contributed by atoms with van der Waals surface area (Å²) < 4.78 is 2.71. The molecule has 6 aromatic carbocycles. The third-order valence-corrected chi connectivity index (χ3v) is 20.3. The van der Waals surface area contributed by atoms with E-state index < -0.39 is 8.07 Å². The van der Waals surface area contributed by atoms with Crippen molar-refractivity contribution in [2.45, 2.75) is 140 Å². The molecular weight excluding hydrogens is 778 g/mol. The van der Waals surface area contributed by atoms with E-state index in [0.29, 0.717) is 0 Å². The second kappa shape index (κ2) is 12.2. The third-order valence-electron chi connectivity index (χ3n) is 18.3. The molecule has 5 heteroatoms. The first-order chi connectivity index (χ1) is 30.1. The normalized spacial score (nSPS) is 26.5. The van der Waals surface area contributed by atoms with Gasteiger partial charge >= 0.3 is 0 Å². The van der Waals surface area contributed by atoms with Gasteiger partial charge < -0.3 is 14.4 Å². The largest absolute Gasteiger partial charge is 0.335 e. The summed E-state index contributed by atoms with van der Waals surface area (Å²) in [4.78, 5) is 5.85. The zero-order valence-electron chi connectivity index (χ0n) is 39.0. The van der Waals surface area contributed by atoms with Crippen LogP contribution in [0.4, 0.5) is 22.7 Å². The quantitative estimate of drug-likeness (QED) is 0.164. The Kier molecular flexibility index (Phi) is 7.45. The lowest BCUT2D eigenvalue weighted by atomic mass is 9.33. The Hall–Kier alpha value is -5.00. The van der Waals surface area contributed by atoms with Crippen molar-refractivity contribution >= 4 is 80.9 Å². The van der Waals surface area contributed by atoms with Gasteiger partial charge in [0.25, 0.3) is 6.71 Å². The highest BCUT2D eigenvalue weighted by atomic mass is 28.3. The third kappa shape index (κ3) is 4.53. The predicted molar refractivity (Wildman–Crippen MR) is 273 cm³/mol. The van der Waals surface area contributed by atoms with Crippen LogP contribution in [0.15, 0.2) is 115 Å². The zero-order chi connectivity index (χ0) is 43.2. The minimum absolute atomic E-state index is 0.0446. The van der Waals surface area contributed by atoms with Gasteiger partial charge in [-0.05, 0) is 108 Å². The van der Waals surface area contributed by atoms with Gasteiger partial charge in [-0.2, -0.15) is 0 Å². The van der Waals surface area contributed by atoms with Crippen LogP contribution in [0.2, 0.25) is 19.6 Å². The highest BCUT2D eigenvalue weighted by Crippen LogP contribution is 2.66. The molecule has 1 aromatic heterocycles. The summed E-state index contributed by atoms with van der Waals surface area (Å²) in [5.41, 5.74) is 20.1. The van der Waals surface area contributed by atoms with Crippen LogP contribution in [0.5, 0.6) is 0 Å². The molecule has 6 aliphatic rings. The van der Waals surface area contributed by atoms with Crippen molar-refractivity contribution in [2.24, 2.45) is 0 Å². The van der Waals surface area contributed by atoms with Gasteiger partial charge in [0.1, 0.15) is 0 Å². The molecule has 0 amide bonds. The number of benzene rings is 6. The molecular formula is C58H62BN3Si. The van der Waals surface area contributed by atoms with E-state index in [4.69, 9.17) is 0 Å². The summed E-state index contributed by atoms with van der Waals surface area (Å²) in [5, 5.41) is 4.33. The molecule has 2 saturated carbocycles. The first kappa shape index (κ1) is 38.5. The van der Waals surface area contributed by atoms with Crippen LogP contribution >= 0.6 is 0 Å². The SMILES string of the molecule is CC(C)(C)c1ccc2c(c1)C1(c3ccccc3)CCCCC1(C)N2c1cc2c3c(c1)-n1c4ccccc4c4cccc(c41)B3c1cc([Si](C)(C)C)cc3c1N2C1(C)CCCCC31C. The Bertz CT molecular complexity index is 3130. The highest BCUT2D eigenvalue weighted by Gasteiger charge is 2.64. The lowest BCUT2D eigenvalue weighted by Crippen LogP contribution is -2.64. The smallest absolute Gasteiger partial charge is 0.252 e. The number of rotatable bonds is 3. The van der Waals surface area contributed by atoms with E-state index in [1.165, 1.54) is 116 Å². The van der Waals surface area contributed by atoms with Crippen molar-refractivity contribution in [3.8, 4) is 5.69 Å². The molecule has 3 nitrogen and oxygen atoms in total. The van der Waals surface area contributed by atoms with Gasteiger partial charge in [0, 0.05) is 55.6 Å². The average Bonchev–Trinajstić information content (AvgIpc) is 3.81. The van der Waals surface area contributed by atoms with Gasteiger partial charge in [0.2, 0.25) is 0 Å². The van der Waals surface area contributed by atoms with Gasteiger partial charge in [-0.1, -0.05) is 169 Å². The molecule has 4 unspecified atom stereocenters. The fraction of sp³-hybridized carbons (Fsp3) is 0.379. The lowest BCUT2D eigenvalue weighted by molar-refractivity contribution is 0.195. The molecule has 0 bridgehead atoms. The molecule has 2 aliphatic carbocycles. The fourth-order valence-corrected chi connectivity index (χ4v) is 16.1. The second-order valence-corrected chi connectivity index (χ2v) is 28.4. The first-order valence-corrected chi connectivity index (χ1v) is 27.8. The topological polar surface area (TPSA) is 11.4 Å². The molecule has 5 heterocycles. The van der Waals surface area contributed by atoms with E-state index >= 15 is 0 Å². The standard InChI is InChI=1S/C58H62BN3Si/c1-54(2,3)38-26-27-48-43(32-38)58(37-20-11-10-12-21-37)31-18-17-30-57(58,6)61(48)39-33-49-51-50(34-39)62-53-44(55(4)28-15-16-29-56(55,62)5)35-40(63(7,8)9)36-46(53)59(51)45-24-19-23-42-41-22-13-14-25-47(41)60(49)52(42)45/h10-14,19-27,32-36H,15-18,28-31H2,1-9H3. The van der Waals surface area contributed by atoms with E-state index in [1.807, 2.05) is 0 Å². The van der Waals surface area contributed by atoms with Crippen molar-refractivity contribution in [1.82, 2.24) is 4.57 Å². The molecule has 0 saturated heterocycles. The van der Waals surface area contributed by atoms with Gasteiger partial charge in [0.05, 0.1) is 24.7 Å². The summed E-state index contributed by atoms with van der Waals surface area (Å²) >= 11 is 0. The van der Waals surface area contributed by atoms with Crippen LogP contribution in [0, 0.1) is 0 Å². The molecule has 63 heavy (non-hydrogen) atoms. The van der Waals surface area contributed by atoms with Crippen LogP contribution in [-0.4, -0.2) is 30.4 Å². The van der Waals surface area contributed by atoms with E-state index in [0.717, 1.165) is 12.8 Å². The molecule has 0 radical (unpaired) electrons. The number of fused-ring (bicyclic) bond motifs is 13. The van der Waals surface area contributed by atoms with Crippen LogP contribution in [-0.2, 0) is 16.2 Å². The van der Waals surface area contributed by atoms with Crippen LogP contribution in [0.25, 0.3) is 27.5 Å². The van der Waals surface area contributed by atoms with Gasteiger partial charge in [-0.15, -0.1) is 0 Å². The molecule has 7 aromatic rings. The molecule has 13 rings (SSSR count). The molecule has 4 aliphatic heterocycles. The van der Waals surface area contributed by atoms with Crippen molar-refractivity contribution in [3.63, 3.8) is 0 Å². The summed E-state index contributed by atoms with van der Waals surface area (Å²) in [6, 6.07) is 46.6. The Balaban J connectivity index is 1.18. The Morgan fingerprint density at radius 2 is 1.29 bits per heavy atom. The second-order valence-electron chi connectivity index (χ2n) is 23.4. The lowest BCUT2D eigenvalue weighted by Gasteiger charge is -2.54. The van der Waals surface area contributed by atoms with Crippen LogP contribution in [0.3, 0.4) is 0 Å². The minimum Gasteiger partial charge on any atom is -0.335 e. The number of aromatic nitrogens is 1. The minimum atomic E-state index is -1.69. The summed E-state index contributed by atoms with van der Waals surface area (Å²) in [6.07, 6.45) is 9.78. The Morgan fingerprint density at radius 1 is 0.587 bits per heavy atom. The summed E-state index contributed by atoms with van der Waals surface area (Å²) in [6.45, 7) is 23.0. The average molecular weight is 840 g/mol. The predicted octanol–water partition coefficient (Wildman–Crippen LogP) is 12.3. The molecule has 0 N–H and O–H groups in total. The molecule has 316 valence electrons. The maximum Gasteiger partial charge on any atom is 0.252 e. The summed E-state index contributed by atoms with van der Waals surface area (Å²) in [7, 11) is -1.69. The monoisotopic (exact) mass is 839 g/mol. The fourth-order valence-electron chi connectivity index (χ4n) is 14.9. The molecule has 2 fully saturated rings. The number of nitrogens with zero attached hydrogens (tertiary/aromatic N) is 3. The van der Waals surface area contributed by atoms with Gasteiger partial charge in [0.15, 0.2) is 0 Å². The zero-order valence-corrected chi connectivity index (χ0v) is 40.0. The van der Waals surface area contributed by atoms with Gasteiger partial charge in [-0.3, -0.25) is 0 Å². The van der Waals surface area contributed by atoms with E-state index in [2.05, 4.69) is 191 Å². The Morgan fingerprint density at radius 3 is 2.06 bits per heavy atom. The number of para-hydroxylation sites is 2. The van der Waals surface area contributed by atoms with Crippen molar-refractivity contribution in [2.75, 3.05) is 9.80 Å². The summed E-state index contributed by atoms with van der Waals surface area (Å²) in [5.74, 6) is 0. The Labute approximate surface area is 376 Å². The van der Waals surface area contributed by atoms with Crippen LogP contribution in [0.1, 0.15) is 115 Å². The maximum absolute atomic E-state index is 2.97. The molecule has 0 spiro atoms. The van der Waals surface area contributed by atoms with Crippen molar-refractivity contribution in [1.29, 1.82) is 0 Å². The maximum atomic E-state index is 2.97. The number of anilines is 4. The van der Waals surface area contributed by atoms with E-state index in [1.54, 1.807) is 16.2 Å². The van der Waals surface area contributed by atoms with Gasteiger partial charge in [-0.25, -0.2) is 0 Å². The molecule has 4 atom stereocenters.